The molecule has 1 saturated heterocycles. The van der Waals surface area contributed by atoms with Crippen molar-refractivity contribution >= 4 is 11.8 Å². The van der Waals surface area contributed by atoms with Gasteiger partial charge in [0.25, 0.3) is 0 Å². The van der Waals surface area contributed by atoms with Crippen LogP contribution in [0.5, 0.6) is 0 Å². The number of anilines is 1. The highest BCUT2D eigenvalue weighted by atomic mass is 16.7. The van der Waals surface area contributed by atoms with Crippen LogP contribution in [0.1, 0.15) is 38.2 Å². The first-order valence-corrected chi connectivity index (χ1v) is 8.79. The van der Waals surface area contributed by atoms with Gasteiger partial charge in [0, 0.05) is 5.69 Å². The Hall–Kier alpha value is -1.71. The second-order valence-electron chi connectivity index (χ2n) is 6.48. The molecule has 3 rings (SSSR count). The van der Waals surface area contributed by atoms with E-state index < -0.39 is 36.8 Å². The van der Waals surface area contributed by atoms with Crippen LogP contribution in [0.4, 0.5) is 10.5 Å². The highest BCUT2D eigenvalue weighted by Crippen LogP contribution is 2.22. The number of amides is 1. The molecule has 1 aromatic carbocycles. The van der Waals surface area contributed by atoms with Crippen molar-refractivity contribution in [3.05, 3.63) is 29.8 Å². The Bertz CT molecular complexity index is 557. The molecule has 1 amide bonds. The maximum Gasteiger partial charge on any atom is 0.414 e. The van der Waals surface area contributed by atoms with Gasteiger partial charge in [-0.25, -0.2) is 4.79 Å². The summed E-state index contributed by atoms with van der Waals surface area (Å²) < 4.78 is 10.1. The maximum absolute atomic E-state index is 11.8. The average molecular weight is 369 g/mol. The first-order chi connectivity index (χ1) is 12.4. The van der Waals surface area contributed by atoms with Gasteiger partial charge in [-0.1, -0.05) is 37.8 Å². The maximum atomic E-state index is 11.8. The summed E-state index contributed by atoms with van der Waals surface area (Å²) in [6, 6.07) is 6.41. The summed E-state index contributed by atoms with van der Waals surface area (Å²) in [4.78, 5) is 11.8. The molecule has 26 heavy (non-hydrogen) atoms. The van der Waals surface area contributed by atoms with Crippen molar-refractivity contribution in [1.82, 2.24) is 0 Å². The third-order valence-electron chi connectivity index (χ3n) is 4.41. The number of hydrogen-bond donors (Lipinski definition) is 5. The summed E-state index contributed by atoms with van der Waals surface area (Å²) in [7, 11) is 0. The highest BCUT2D eigenvalue weighted by molar-refractivity contribution is 5.84. The van der Waals surface area contributed by atoms with Crippen molar-refractivity contribution < 1.29 is 34.7 Å². The zero-order valence-electron chi connectivity index (χ0n) is 14.7. The van der Waals surface area contributed by atoms with Crippen LogP contribution in [0.2, 0.25) is 0 Å². The van der Waals surface area contributed by atoms with Crippen LogP contribution >= 0.6 is 0 Å². The van der Waals surface area contributed by atoms with Crippen LogP contribution in [0, 0.1) is 0 Å². The molecule has 2 aliphatic rings. The van der Waals surface area contributed by atoms with Gasteiger partial charge in [0.1, 0.15) is 18.3 Å². The molecule has 0 radical (unpaired) electrons. The average Bonchev–Trinajstić information content (AvgIpc) is 2.57. The minimum atomic E-state index is -1.55. The van der Waals surface area contributed by atoms with Crippen LogP contribution in [-0.4, -0.2) is 57.2 Å². The molecule has 5 atom stereocenters. The van der Waals surface area contributed by atoms with Gasteiger partial charge in [0.2, 0.25) is 6.29 Å². The topological polar surface area (TPSA) is 128 Å². The van der Waals surface area contributed by atoms with Gasteiger partial charge in [-0.15, -0.1) is 0 Å². The lowest BCUT2D eigenvalue weighted by Crippen LogP contribution is -2.57. The van der Waals surface area contributed by atoms with E-state index in [1.807, 2.05) is 0 Å². The monoisotopic (exact) mass is 369 g/mol. The van der Waals surface area contributed by atoms with E-state index >= 15 is 0 Å². The summed E-state index contributed by atoms with van der Waals surface area (Å²) in [5, 5.41) is 40.3. The van der Waals surface area contributed by atoms with Gasteiger partial charge in [-0.05, 0) is 24.6 Å². The molecule has 0 bridgehead atoms. The summed E-state index contributed by atoms with van der Waals surface area (Å²) >= 11 is 0. The van der Waals surface area contributed by atoms with E-state index in [1.54, 1.807) is 24.3 Å². The number of hydrogen-bond acceptors (Lipinski definition) is 7. The molecular weight excluding hydrogens is 342 g/mol. The molecule has 0 aromatic heterocycles. The van der Waals surface area contributed by atoms with Crippen LogP contribution in [0.15, 0.2) is 24.3 Å². The third kappa shape index (κ3) is 5.65. The first-order valence-electron chi connectivity index (χ1n) is 8.79. The van der Waals surface area contributed by atoms with Crippen LogP contribution in [0.25, 0.3) is 0 Å². The molecule has 1 aromatic rings. The number of carbonyl (C=O) groups is 1. The number of benzene rings is 1. The van der Waals surface area contributed by atoms with Gasteiger partial charge in [-0.2, -0.15) is 0 Å². The van der Waals surface area contributed by atoms with Crippen LogP contribution in [0.3, 0.4) is 0 Å². The lowest BCUT2D eigenvalue weighted by molar-refractivity contribution is -0.275. The molecule has 1 aliphatic carbocycles. The SMILES string of the molecule is C1CCC1.CC1OC(OC(=O)Nc2ccc(CO)cc2)C(O)C(O)C1O. The second-order valence-corrected chi connectivity index (χ2v) is 6.48. The predicted octanol–water partition coefficient (Wildman–Crippen LogP) is 1.12. The quantitative estimate of drug-likeness (QED) is 0.540. The lowest BCUT2D eigenvalue weighted by atomic mass is 10.0. The van der Waals surface area contributed by atoms with Crippen molar-refractivity contribution in [3.8, 4) is 0 Å². The normalized spacial score (nSPS) is 30.4. The number of nitrogens with one attached hydrogen (secondary N) is 1. The molecule has 5 N–H and O–H groups in total. The van der Waals surface area contributed by atoms with Gasteiger partial charge in [0.05, 0.1) is 12.7 Å². The van der Waals surface area contributed by atoms with E-state index in [2.05, 4.69) is 5.32 Å². The molecule has 5 unspecified atom stereocenters. The zero-order chi connectivity index (χ0) is 19.1. The number of aliphatic hydroxyl groups is 4. The van der Waals surface area contributed by atoms with Gasteiger partial charge in [-0.3, -0.25) is 5.32 Å². The zero-order valence-corrected chi connectivity index (χ0v) is 14.7. The Morgan fingerprint density at radius 3 is 2.15 bits per heavy atom. The summed E-state index contributed by atoms with van der Waals surface area (Å²) in [5.74, 6) is 0. The smallest absolute Gasteiger partial charge is 0.414 e. The third-order valence-corrected chi connectivity index (χ3v) is 4.41. The summed E-state index contributed by atoms with van der Waals surface area (Å²) in [5.41, 5.74) is 1.12. The number of aliphatic hydroxyl groups excluding tert-OH is 4. The molecule has 8 nitrogen and oxygen atoms in total. The number of carbonyl (C=O) groups excluding carboxylic acids is 1. The Morgan fingerprint density at radius 2 is 1.65 bits per heavy atom. The highest BCUT2D eigenvalue weighted by Gasteiger charge is 2.43. The van der Waals surface area contributed by atoms with E-state index in [0.29, 0.717) is 11.3 Å². The van der Waals surface area contributed by atoms with E-state index in [1.165, 1.54) is 32.6 Å². The fourth-order valence-corrected chi connectivity index (χ4v) is 2.31. The van der Waals surface area contributed by atoms with Gasteiger partial charge >= 0.3 is 6.09 Å². The molecule has 146 valence electrons. The second kappa shape index (κ2) is 9.84. The van der Waals surface area contributed by atoms with Crippen molar-refractivity contribution in [2.45, 2.75) is 69.9 Å². The van der Waals surface area contributed by atoms with Crippen LogP contribution < -0.4 is 5.32 Å². The Balaban J connectivity index is 0.000000534. The predicted molar refractivity (Wildman–Crippen MR) is 93.3 cm³/mol. The lowest BCUT2D eigenvalue weighted by Gasteiger charge is -2.38. The summed E-state index contributed by atoms with van der Waals surface area (Å²) in [6.07, 6.45) is -1.33. The molecule has 1 aliphatic heterocycles. The first kappa shape index (κ1) is 20.6. The molecule has 8 heteroatoms. The van der Waals surface area contributed by atoms with E-state index in [0.717, 1.165) is 0 Å². The van der Waals surface area contributed by atoms with Gasteiger partial charge < -0.3 is 29.9 Å². The molecule has 2 fully saturated rings. The summed E-state index contributed by atoms with van der Waals surface area (Å²) in [6.45, 7) is 1.38. The van der Waals surface area contributed by atoms with Crippen molar-refractivity contribution in [2.75, 3.05) is 5.32 Å². The van der Waals surface area contributed by atoms with Crippen molar-refractivity contribution in [1.29, 1.82) is 0 Å². The fraction of sp³-hybridized carbons (Fsp3) is 0.611. The molecule has 1 heterocycles. The van der Waals surface area contributed by atoms with E-state index in [9.17, 15) is 20.1 Å². The van der Waals surface area contributed by atoms with Crippen molar-refractivity contribution in [3.63, 3.8) is 0 Å². The van der Waals surface area contributed by atoms with Gasteiger partial charge in [0.15, 0.2) is 0 Å². The van der Waals surface area contributed by atoms with Crippen LogP contribution in [-0.2, 0) is 16.1 Å². The standard InChI is InChI=1S/C14H19NO7.C4H8/c1-7-10(17)11(18)12(19)13(21-7)22-14(20)15-9-4-2-8(6-16)3-5-9;1-2-4-3-1/h2-5,7,10-13,16-19H,6H2,1H3,(H,15,20);1-4H2. The molecular formula is C18H27NO7. The molecule has 0 spiro atoms. The fourth-order valence-electron chi connectivity index (χ4n) is 2.31. The Kier molecular flexibility index (Phi) is 7.80. The minimum Gasteiger partial charge on any atom is -0.416 e. The van der Waals surface area contributed by atoms with E-state index in [4.69, 9.17) is 14.6 Å². The van der Waals surface area contributed by atoms with Crippen molar-refractivity contribution in [2.24, 2.45) is 0 Å². The minimum absolute atomic E-state index is 0.106. The number of rotatable bonds is 3. The Labute approximate surface area is 152 Å². The largest absolute Gasteiger partial charge is 0.416 e. The number of ether oxygens (including phenoxy) is 2. The Morgan fingerprint density at radius 1 is 1.08 bits per heavy atom. The molecule has 1 saturated carbocycles. The van der Waals surface area contributed by atoms with E-state index in [-0.39, 0.29) is 6.61 Å².